The molecule has 0 bridgehead atoms. The van der Waals surface area contributed by atoms with Crippen LogP contribution in [0.5, 0.6) is 5.75 Å². The van der Waals surface area contributed by atoms with Gasteiger partial charge in [-0.1, -0.05) is 11.6 Å². The lowest BCUT2D eigenvalue weighted by Crippen LogP contribution is -2.38. The number of nitrogens with two attached hydrogens (primary N) is 1. The molecule has 0 saturated heterocycles. The average molecular weight is 307 g/mol. The highest BCUT2D eigenvalue weighted by molar-refractivity contribution is 6.31. The molecule has 0 atom stereocenters. The molecule has 2 N–H and O–H groups in total. The fourth-order valence-electron chi connectivity index (χ4n) is 2.40. The SMILES string of the molecule is Cc1nn(C)c(CN2C(=O)COc3cc(N)ccc32)c1Cl. The van der Waals surface area contributed by atoms with E-state index in [1.807, 2.05) is 14.0 Å². The minimum absolute atomic E-state index is 0.00902. The number of amides is 1. The van der Waals surface area contributed by atoms with E-state index < -0.39 is 0 Å². The van der Waals surface area contributed by atoms with Crippen molar-refractivity contribution in [3.05, 3.63) is 34.6 Å². The molecule has 1 aliphatic heterocycles. The van der Waals surface area contributed by atoms with Gasteiger partial charge in [-0.2, -0.15) is 5.10 Å². The molecule has 0 spiro atoms. The number of carbonyl (C=O) groups is 1. The van der Waals surface area contributed by atoms with Crippen molar-refractivity contribution in [2.45, 2.75) is 13.5 Å². The molecule has 3 rings (SSSR count). The first kappa shape index (κ1) is 13.8. The first-order valence-corrected chi connectivity index (χ1v) is 6.86. The summed E-state index contributed by atoms with van der Waals surface area (Å²) in [6.07, 6.45) is 0. The predicted molar refractivity (Wildman–Crippen MR) is 80.5 cm³/mol. The minimum Gasteiger partial charge on any atom is -0.481 e. The number of halogens is 1. The van der Waals surface area contributed by atoms with Gasteiger partial charge in [0.25, 0.3) is 5.91 Å². The molecule has 0 radical (unpaired) electrons. The second-order valence-electron chi connectivity index (χ2n) is 4.97. The van der Waals surface area contributed by atoms with Gasteiger partial charge in [0.1, 0.15) is 5.75 Å². The van der Waals surface area contributed by atoms with Crippen LogP contribution in [0.15, 0.2) is 18.2 Å². The van der Waals surface area contributed by atoms with E-state index >= 15 is 0 Å². The highest BCUT2D eigenvalue weighted by Gasteiger charge is 2.27. The van der Waals surface area contributed by atoms with Crippen molar-refractivity contribution in [2.24, 2.45) is 7.05 Å². The zero-order valence-corrected chi connectivity index (χ0v) is 12.5. The van der Waals surface area contributed by atoms with Crippen LogP contribution in [-0.4, -0.2) is 22.3 Å². The smallest absolute Gasteiger partial charge is 0.265 e. The Hall–Kier alpha value is -2.21. The summed E-state index contributed by atoms with van der Waals surface area (Å²) in [7, 11) is 1.81. The number of rotatable bonds is 2. The molecule has 110 valence electrons. The van der Waals surface area contributed by atoms with Crippen LogP contribution in [0.3, 0.4) is 0 Å². The van der Waals surface area contributed by atoms with E-state index in [-0.39, 0.29) is 12.5 Å². The Balaban J connectivity index is 2.01. The maximum atomic E-state index is 12.2. The number of hydrogen-bond donors (Lipinski definition) is 1. The number of aryl methyl sites for hydroxylation is 2. The van der Waals surface area contributed by atoms with E-state index in [0.717, 1.165) is 11.4 Å². The van der Waals surface area contributed by atoms with Crippen LogP contribution in [0.2, 0.25) is 5.02 Å². The first-order valence-electron chi connectivity index (χ1n) is 6.48. The lowest BCUT2D eigenvalue weighted by atomic mass is 10.2. The lowest BCUT2D eigenvalue weighted by molar-refractivity contribution is -0.121. The molecule has 1 aromatic heterocycles. The Morgan fingerprint density at radius 2 is 2.24 bits per heavy atom. The van der Waals surface area contributed by atoms with Crippen molar-refractivity contribution in [1.82, 2.24) is 9.78 Å². The highest BCUT2D eigenvalue weighted by atomic mass is 35.5. The monoisotopic (exact) mass is 306 g/mol. The van der Waals surface area contributed by atoms with Gasteiger partial charge in [-0.05, 0) is 19.1 Å². The van der Waals surface area contributed by atoms with Crippen molar-refractivity contribution in [3.63, 3.8) is 0 Å². The fraction of sp³-hybridized carbons (Fsp3) is 0.286. The van der Waals surface area contributed by atoms with Crippen LogP contribution in [0.4, 0.5) is 11.4 Å². The van der Waals surface area contributed by atoms with E-state index in [0.29, 0.717) is 28.7 Å². The number of ether oxygens (including phenoxy) is 1. The summed E-state index contributed by atoms with van der Waals surface area (Å²) in [6, 6.07) is 5.23. The van der Waals surface area contributed by atoms with Crippen molar-refractivity contribution in [3.8, 4) is 5.75 Å². The minimum atomic E-state index is -0.123. The molecular formula is C14H15ClN4O2. The van der Waals surface area contributed by atoms with Crippen LogP contribution in [0.25, 0.3) is 0 Å². The van der Waals surface area contributed by atoms with Gasteiger partial charge in [0, 0.05) is 18.8 Å². The number of hydrogen-bond acceptors (Lipinski definition) is 4. The Morgan fingerprint density at radius 1 is 1.48 bits per heavy atom. The van der Waals surface area contributed by atoms with Gasteiger partial charge in [-0.3, -0.25) is 14.4 Å². The summed E-state index contributed by atoms with van der Waals surface area (Å²) in [6.45, 7) is 2.17. The summed E-state index contributed by atoms with van der Waals surface area (Å²) >= 11 is 6.26. The third-order valence-electron chi connectivity index (χ3n) is 3.50. The van der Waals surface area contributed by atoms with Crippen molar-refractivity contribution in [1.29, 1.82) is 0 Å². The topological polar surface area (TPSA) is 73.4 Å². The van der Waals surface area contributed by atoms with Crippen LogP contribution >= 0.6 is 11.6 Å². The van der Waals surface area contributed by atoms with Crippen molar-refractivity contribution >= 4 is 28.9 Å². The summed E-state index contributed by atoms with van der Waals surface area (Å²) in [5, 5.41) is 4.84. The summed E-state index contributed by atoms with van der Waals surface area (Å²) in [4.78, 5) is 13.8. The average Bonchev–Trinajstić information content (AvgIpc) is 2.68. The van der Waals surface area contributed by atoms with Gasteiger partial charge >= 0.3 is 0 Å². The van der Waals surface area contributed by atoms with Crippen molar-refractivity contribution < 1.29 is 9.53 Å². The number of aromatic nitrogens is 2. The second-order valence-corrected chi connectivity index (χ2v) is 5.34. The zero-order valence-electron chi connectivity index (χ0n) is 11.8. The number of nitrogens with zero attached hydrogens (tertiary/aromatic N) is 3. The van der Waals surface area contributed by atoms with E-state index in [1.54, 1.807) is 27.8 Å². The van der Waals surface area contributed by atoms with E-state index in [9.17, 15) is 4.79 Å². The van der Waals surface area contributed by atoms with Crippen molar-refractivity contribution in [2.75, 3.05) is 17.2 Å². The molecule has 1 aromatic carbocycles. The van der Waals surface area contributed by atoms with E-state index in [1.165, 1.54) is 0 Å². The Kier molecular flexibility index (Phi) is 3.25. The van der Waals surface area contributed by atoms with Gasteiger partial charge in [0.15, 0.2) is 6.61 Å². The molecule has 1 amide bonds. The first-order chi connectivity index (χ1) is 9.97. The van der Waals surface area contributed by atoms with Gasteiger partial charge < -0.3 is 10.5 Å². The molecule has 21 heavy (non-hydrogen) atoms. The van der Waals surface area contributed by atoms with Gasteiger partial charge in [0.2, 0.25) is 0 Å². The maximum absolute atomic E-state index is 12.2. The second kappa shape index (κ2) is 4.96. The maximum Gasteiger partial charge on any atom is 0.265 e. The van der Waals surface area contributed by atoms with Gasteiger partial charge in [-0.25, -0.2) is 0 Å². The summed E-state index contributed by atoms with van der Waals surface area (Å²) in [5.74, 6) is 0.479. The highest BCUT2D eigenvalue weighted by Crippen LogP contribution is 2.35. The summed E-state index contributed by atoms with van der Waals surface area (Å²) < 4.78 is 7.12. The molecule has 0 aliphatic carbocycles. The molecule has 0 saturated carbocycles. The molecule has 0 unspecified atom stereocenters. The molecule has 2 heterocycles. The molecule has 0 fully saturated rings. The van der Waals surface area contributed by atoms with Gasteiger partial charge in [-0.15, -0.1) is 0 Å². The number of benzene rings is 1. The van der Waals surface area contributed by atoms with Crippen LogP contribution < -0.4 is 15.4 Å². The molecule has 7 heteroatoms. The van der Waals surface area contributed by atoms with E-state index in [4.69, 9.17) is 22.1 Å². The number of nitrogen functional groups attached to an aromatic ring is 1. The predicted octanol–water partition coefficient (Wildman–Crippen LogP) is 1.89. The Morgan fingerprint density at radius 3 is 2.90 bits per heavy atom. The number of anilines is 2. The van der Waals surface area contributed by atoms with Gasteiger partial charge in [0.05, 0.1) is 28.6 Å². The fourth-order valence-corrected chi connectivity index (χ4v) is 2.62. The Labute approximate surface area is 127 Å². The molecule has 1 aliphatic rings. The molecule has 6 nitrogen and oxygen atoms in total. The normalized spacial score (nSPS) is 14.0. The number of carbonyl (C=O) groups excluding carboxylic acids is 1. The van der Waals surface area contributed by atoms with Crippen LogP contribution in [-0.2, 0) is 18.4 Å². The lowest BCUT2D eigenvalue weighted by Gasteiger charge is -2.29. The van der Waals surface area contributed by atoms with Crippen LogP contribution in [0, 0.1) is 6.92 Å². The Bertz CT molecular complexity index is 726. The standard InChI is InChI=1S/C14H15ClN4O2/c1-8-14(15)11(18(2)17-8)6-19-10-4-3-9(16)5-12(10)21-7-13(19)20/h3-5H,6-7,16H2,1-2H3. The third-order valence-corrected chi connectivity index (χ3v) is 3.99. The largest absolute Gasteiger partial charge is 0.481 e. The quantitative estimate of drug-likeness (QED) is 0.860. The van der Waals surface area contributed by atoms with E-state index in [2.05, 4.69) is 5.10 Å². The summed E-state index contributed by atoms with van der Waals surface area (Å²) in [5.41, 5.74) is 8.56. The molecule has 2 aromatic rings. The zero-order chi connectivity index (χ0) is 15.1. The number of fused-ring (bicyclic) bond motifs is 1. The molecular weight excluding hydrogens is 292 g/mol. The third kappa shape index (κ3) is 2.31. The van der Waals surface area contributed by atoms with Crippen LogP contribution in [0.1, 0.15) is 11.4 Å².